The van der Waals surface area contributed by atoms with Gasteiger partial charge in [0.1, 0.15) is 0 Å². The third-order valence-electron chi connectivity index (χ3n) is 2.47. The number of aryl methyl sites for hydroxylation is 1. The largest absolute Gasteiger partial charge is 0.368 e. The lowest BCUT2D eigenvalue weighted by molar-refractivity contribution is 0.795. The summed E-state index contributed by atoms with van der Waals surface area (Å²) in [4.78, 5) is 23.2. The van der Waals surface area contributed by atoms with Crippen molar-refractivity contribution in [3.05, 3.63) is 21.7 Å². The predicted octanol–water partition coefficient (Wildman–Crippen LogP) is -0.126. The van der Waals surface area contributed by atoms with Gasteiger partial charge in [-0.2, -0.15) is 9.97 Å². The summed E-state index contributed by atoms with van der Waals surface area (Å²) in [6.07, 6.45) is 0. The van der Waals surface area contributed by atoms with Gasteiger partial charge in [-0.15, -0.1) is 0 Å². The molecule has 2 rings (SSSR count). The van der Waals surface area contributed by atoms with Gasteiger partial charge in [-0.25, -0.2) is 4.98 Å². The molecule has 78 valence electrons. The van der Waals surface area contributed by atoms with Crippen LogP contribution in [0.15, 0.2) is 4.79 Å². The van der Waals surface area contributed by atoms with Crippen LogP contribution in [-0.4, -0.2) is 19.5 Å². The maximum absolute atomic E-state index is 11.5. The molecule has 6 heteroatoms. The van der Waals surface area contributed by atoms with Crippen molar-refractivity contribution in [2.75, 3.05) is 5.73 Å². The number of rotatable bonds is 0. The molecule has 0 spiro atoms. The van der Waals surface area contributed by atoms with E-state index in [0.29, 0.717) is 5.82 Å². The first-order chi connectivity index (χ1) is 7.00. The molecule has 0 atom stereocenters. The highest BCUT2D eigenvalue weighted by molar-refractivity contribution is 5.52. The Bertz CT molecular complexity index is 560. The van der Waals surface area contributed by atoms with Crippen molar-refractivity contribution in [3.8, 4) is 11.5 Å². The quantitative estimate of drug-likeness (QED) is 0.647. The monoisotopic (exact) mass is 205 g/mol. The maximum atomic E-state index is 11.5. The lowest BCUT2D eigenvalue weighted by atomic mass is 10.3. The Kier molecular flexibility index (Phi) is 1.92. The van der Waals surface area contributed by atoms with Gasteiger partial charge in [0.15, 0.2) is 11.5 Å². The van der Waals surface area contributed by atoms with E-state index < -0.39 is 5.56 Å². The standard InChI is InChI=1S/C9H11N5O/c1-4-5(2)14(3)7-6(11-4)8(15)13-9(10)12-7/h1-3H3,(H2,10,13,15). The highest BCUT2D eigenvalue weighted by Gasteiger charge is 2.16. The second-order valence-electron chi connectivity index (χ2n) is 3.40. The third kappa shape index (κ3) is 1.34. The molecule has 15 heavy (non-hydrogen) atoms. The molecule has 2 heterocycles. The molecule has 2 aliphatic rings. The molecule has 0 saturated heterocycles. The lowest BCUT2D eigenvalue weighted by Crippen LogP contribution is -2.22. The minimum Gasteiger partial charge on any atom is -0.368 e. The molecular weight excluding hydrogens is 194 g/mol. The van der Waals surface area contributed by atoms with E-state index in [-0.39, 0.29) is 11.6 Å². The molecule has 2 N–H and O–H groups in total. The normalized spacial score (nSPS) is 10.9. The summed E-state index contributed by atoms with van der Waals surface area (Å²) in [5.74, 6) is 0.448. The van der Waals surface area contributed by atoms with Gasteiger partial charge in [-0.3, -0.25) is 4.79 Å². The van der Waals surface area contributed by atoms with E-state index in [1.165, 1.54) is 0 Å². The van der Waals surface area contributed by atoms with E-state index in [4.69, 9.17) is 5.73 Å². The molecule has 0 aliphatic carbocycles. The van der Waals surface area contributed by atoms with Crippen LogP contribution in [0.1, 0.15) is 11.4 Å². The Morgan fingerprint density at radius 3 is 2.53 bits per heavy atom. The fourth-order valence-electron chi connectivity index (χ4n) is 1.42. The second-order valence-corrected chi connectivity index (χ2v) is 3.40. The molecule has 0 amide bonds. The molecule has 0 aromatic heterocycles. The number of hydrogen-bond acceptors (Lipinski definition) is 5. The Balaban J connectivity index is 2.98. The van der Waals surface area contributed by atoms with Crippen molar-refractivity contribution in [3.63, 3.8) is 0 Å². The zero-order valence-electron chi connectivity index (χ0n) is 8.77. The van der Waals surface area contributed by atoms with Gasteiger partial charge in [-0.05, 0) is 13.8 Å². The van der Waals surface area contributed by atoms with Gasteiger partial charge in [0.05, 0.1) is 5.69 Å². The van der Waals surface area contributed by atoms with E-state index in [1.807, 2.05) is 20.9 Å². The van der Waals surface area contributed by atoms with Crippen LogP contribution in [0.5, 0.6) is 0 Å². The third-order valence-corrected chi connectivity index (χ3v) is 2.47. The van der Waals surface area contributed by atoms with E-state index in [9.17, 15) is 4.79 Å². The Labute approximate surface area is 86.2 Å². The average molecular weight is 205 g/mol. The van der Waals surface area contributed by atoms with Crippen LogP contribution >= 0.6 is 0 Å². The molecule has 0 radical (unpaired) electrons. The molecule has 0 aromatic carbocycles. The van der Waals surface area contributed by atoms with Crippen LogP contribution in [-0.2, 0) is 7.05 Å². The Morgan fingerprint density at radius 1 is 1.20 bits per heavy atom. The van der Waals surface area contributed by atoms with E-state index in [0.717, 1.165) is 11.4 Å². The number of anilines is 1. The molecule has 0 unspecified atom stereocenters. The molecule has 0 saturated carbocycles. The minimum absolute atomic E-state index is 0.0202. The summed E-state index contributed by atoms with van der Waals surface area (Å²) in [6, 6.07) is 0. The van der Waals surface area contributed by atoms with Gasteiger partial charge < -0.3 is 10.3 Å². The smallest absolute Gasteiger partial charge is 0.302 e. The van der Waals surface area contributed by atoms with Gasteiger partial charge in [0.25, 0.3) is 0 Å². The first kappa shape index (κ1) is 9.57. The number of hydrogen-bond donors (Lipinski definition) is 1. The number of aromatic nitrogens is 4. The van der Waals surface area contributed by atoms with E-state index in [2.05, 4.69) is 15.0 Å². The van der Waals surface area contributed by atoms with Crippen LogP contribution in [0.2, 0.25) is 0 Å². The highest BCUT2D eigenvalue weighted by atomic mass is 16.1. The van der Waals surface area contributed by atoms with Crippen molar-refractivity contribution in [2.24, 2.45) is 7.05 Å². The Hall–Kier alpha value is -1.98. The van der Waals surface area contributed by atoms with E-state index in [1.54, 1.807) is 4.57 Å². The van der Waals surface area contributed by atoms with Gasteiger partial charge in [0.2, 0.25) is 5.95 Å². The fourth-order valence-corrected chi connectivity index (χ4v) is 1.42. The second kappa shape index (κ2) is 3.01. The van der Waals surface area contributed by atoms with Crippen LogP contribution in [0.25, 0.3) is 11.5 Å². The highest BCUT2D eigenvalue weighted by Crippen LogP contribution is 2.15. The van der Waals surface area contributed by atoms with Gasteiger partial charge in [-0.1, -0.05) is 0 Å². The maximum Gasteiger partial charge on any atom is 0.302 e. The fraction of sp³-hybridized carbons (Fsp3) is 0.333. The SMILES string of the molecule is Cc1nc2c(=O)nc(N)nc-2n(C)c1C. The minimum atomic E-state index is -0.434. The van der Waals surface area contributed by atoms with Crippen molar-refractivity contribution < 1.29 is 0 Å². The van der Waals surface area contributed by atoms with Gasteiger partial charge >= 0.3 is 5.56 Å². The van der Waals surface area contributed by atoms with Crippen molar-refractivity contribution in [1.82, 2.24) is 19.5 Å². The zero-order chi connectivity index (χ0) is 11.2. The number of nitrogens with zero attached hydrogens (tertiary/aromatic N) is 4. The van der Waals surface area contributed by atoms with Crippen LogP contribution in [0, 0.1) is 13.8 Å². The van der Waals surface area contributed by atoms with Crippen molar-refractivity contribution in [2.45, 2.75) is 13.8 Å². The summed E-state index contributed by atoms with van der Waals surface area (Å²) in [5, 5.41) is 0. The average Bonchev–Trinajstić information content (AvgIpc) is 2.17. The Morgan fingerprint density at radius 2 is 1.87 bits per heavy atom. The summed E-state index contributed by atoms with van der Waals surface area (Å²) >= 11 is 0. The molecular formula is C9H11N5O. The molecule has 2 aliphatic heterocycles. The summed E-state index contributed by atoms with van der Waals surface area (Å²) < 4.78 is 1.79. The predicted molar refractivity (Wildman–Crippen MR) is 55.6 cm³/mol. The zero-order valence-corrected chi connectivity index (χ0v) is 8.77. The van der Waals surface area contributed by atoms with Crippen LogP contribution in [0.4, 0.5) is 5.95 Å². The van der Waals surface area contributed by atoms with Crippen LogP contribution < -0.4 is 11.3 Å². The van der Waals surface area contributed by atoms with Gasteiger partial charge in [0, 0.05) is 12.7 Å². The first-order valence-corrected chi connectivity index (χ1v) is 4.48. The topological polar surface area (TPSA) is 86.7 Å². The molecule has 0 aromatic rings. The molecule has 6 nitrogen and oxygen atoms in total. The summed E-state index contributed by atoms with van der Waals surface area (Å²) in [5.41, 5.74) is 6.98. The lowest BCUT2D eigenvalue weighted by Gasteiger charge is -2.13. The number of nitrogen functional groups attached to an aromatic ring is 1. The van der Waals surface area contributed by atoms with Crippen LogP contribution in [0.3, 0.4) is 0 Å². The molecule has 0 bridgehead atoms. The number of fused-ring (bicyclic) bond motifs is 1. The summed E-state index contributed by atoms with van der Waals surface area (Å²) in [7, 11) is 1.82. The first-order valence-electron chi connectivity index (χ1n) is 4.48. The van der Waals surface area contributed by atoms with E-state index >= 15 is 0 Å². The summed E-state index contributed by atoms with van der Waals surface area (Å²) in [6.45, 7) is 3.75. The number of nitrogens with two attached hydrogens (primary N) is 1. The van der Waals surface area contributed by atoms with Crippen molar-refractivity contribution >= 4 is 5.95 Å². The molecule has 0 fully saturated rings. The van der Waals surface area contributed by atoms with Crippen molar-refractivity contribution in [1.29, 1.82) is 0 Å².